The van der Waals surface area contributed by atoms with E-state index in [0.29, 0.717) is 0 Å². The van der Waals surface area contributed by atoms with E-state index in [4.69, 9.17) is 9.84 Å². The highest BCUT2D eigenvalue weighted by molar-refractivity contribution is 5.73. The average molecular weight is 221 g/mol. The third-order valence-corrected chi connectivity index (χ3v) is 2.99. The normalized spacial score (nSPS) is 18.4. The lowest BCUT2D eigenvalue weighted by Crippen LogP contribution is -2.17. The molecule has 1 aromatic rings. The molecule has 1 aromatic carbocycles. The fourth-order valence-electron chi connectivity index (χ4n) is 2.35. The van der Waals surface area contributed by atoms with Crippen molar-refractivity contribution >= 4 is 11.7 Å². The molecule has 0 aromatic heterocycles. The summed E-state index contributed by atoms with van der Waals surface area (Å²) < 4.78 is 5.29. The van der Waals surface area contributed by atoms with Gasteiger partial charge in [0.05, 0.1) is 19.2 Å². The molecule has 1 aliphatic rings. The summed E-state index contributed by atoms with van der Waals surface area (Å²) >= 11 is 0. The van der Waals surface area contributed by atoms with Gasteiger partial charge in [-0.25, -0.2) is 0 Å². The van der Waals surface area contributed by atoms with Crippen molar-refractivity contribution in [3.05, 3.63) is 23.8 Å². The summed E-state index contributed by atoms with van der Waals surface area (Å²) in [4.78, 5) is 12.8. The molecule has 4 heteroatoms. The Kier molecular flexibility index (Phi) is 2.73. The molecular formula is C12H15NO3. The number of likely N-dealkylation sites (N-methyl/N-ethyl adjacent to an activating group) is 1. The molecule has 86 valence electrons. The van der Waals surface area contributed by atoms with Crippen LogP contribution in [0, 0.1) is 0 Å². The Morgan fingerprint density at radius 1 is 1.62 bits per heavy atom. The second kappa shape index (κ2) is 4.04. The van der Waals surface area contributed by atoms with E-state index in [1.54, 1.807) is 7.11 Å². The molecule has 0 saturated heterocycles. The molecule has 1 heterocycles. The van der Waals surface area contributed by atoms with Crippen LogP contribution in [0.4, 0.5) is 5.69 Å². The van der Waals surface area contributed by atoms with Gasteiger partial charge in [0.1, 0.15) is 5.75 Å². The zero-order valence-electron chi connectivity index (χ0n) is 9.43. The van der Waals surface area contributed by atoms with Crippen molar-refractivity contribution in [3.8, 4) is 5.75 Å². The second-order valence-electron chi connectivity index (χ2n) is 4.07. The number of methoxy groups -OCH3 is 1. The summed E-state index contributed by atoms with van der Waals surface area (Å²) in [7, 11) is 3.59. The Morgan fingerprint density at radius 3 is 3.00 bits per heavy atom. The number of carboxylic acids is 1. The van der Waals surface area contributed by atoms with Crippen LogP contribution >= 0.6 is 0 Å². The first-order chi connectivity index (χ1) is 7.63. The van der Waals surface area contributed by atoms with Gasteiger partial charge < -0.3 is 14.7 Å². The van der Waals surface area contributed by atoms with Gasteiger partial charge in [-0.3, -0.25) is 4.79 Å². The zero-order valence-corrected chi connectivity index (χ0v) is 9.43. The first-order valence-electron chi connectivity index (χ1n) is 5.23. The molecule has 0 fully saturated rings. The van der Waals surface area contributed by atoms with Crippen LogP contribution in [0.1, 0.15) is 17.9 Å². The molecule has 0 saturated carbocycles. The number of ether oxygens (including phenoxy) is 1. The number of hydrogen-bond acceptors (Lipinski definition) is 3. The maximum absolute atomic E-state index is 10.8. The molecule has 16 heavy (non-hydrogen) atoms. The fourth-order valence-corrected chi connectivity index (χ4v) is 2.35. The molecule has 2 rings (SSSR count). The van der Waals surface area contributed by atoms with Crippen molar-refractivity contribution in [3.63, 3.8) is 0 Å². The van der Waals surface area contributed by atoms with Crippen LogP contribution in [0.2, 0.25) is 0 Å². The molecule has 0 spiro atoms. The van der Waals surface area contributed by atoms with Crippen molar-refractivity contribution in [2.75, 3.05) is 25.6 Å². The minimum absolute atomic E-state index is 0.0626. The van der Waals surface area contributed by atoms with E-state index < -0.39 is 5.97 Å². The number of carboxylic acid groups (broad SMARTS) is 1. The first-order valence-corrected chi connectivity index (χ1v) is 5.23. The van der Waals surface area contributed by atoms with Crippen molar-refractivity contribution in [2.45, 2.75) is 12.3 Å². The van der Waals surface area contributed by atoms with E-state index in [9.17, 15) is 4.79 Å². The van der Waals surface area contributed by atoms with Crippen LogP contribution in [-0.4, -0.2) is 31.8 Å². The Labute approximate surface area is 94.4 Å². The van der Waals surface area contributed by atoms with Gasteiger partial charge in [0.15, 0.2) is 0 Å². The largest absolute Gasteiger partial charge is 0.495 e. The summed E-state index contributed by atoms with van der Waals surface area (Å²) in [6.45, 7) is 0.738. The Balaban J connectivity index is 2.39. The molecule has 0 amide bonds. The number of anilines is 1. The Bertz CT molecular complexity index is 417. The molecule has 4 nitrogen and oxygen atoms in total. The topological polar surface area (TPSA) is 49.8 Å². The molecule has 0 aliphatic carbocycles. The molecular weight excluding hydrogens is 206 g/mol. The van der Waals surface area contributed by atoms with Gasteiger partial charge in [-0.2, -0.15) is 0 Å². The quantitative estimate of drug-likeness (QED) is 0.844. The van der Waals surface area contributed by atoms with Gasteiger partial charge in [0.2, 0.25) is 0 Å². The van der Waals surface area contributed by atoms with E-state index >= 15 is 0 Å². The van der Waals surface area contributed by atoms with E-state index in [0.717, 1.165) is 23.5 Å². The molecule has 1 atom stereocenters. The average Bonchev–Trinajstić information content (AvgIpc) is 2.55. The van der Waals surface area contributed by atoms with Gasteiger partial charge in [0, 0.05) is 19.5 Å². The highest BCUT2D eigenvalue weighted by atomic mass is 16.5. The smallest absolute Gasteiger partial charge is 0.304 e. The van der Waals surface area contributed by atoms with Crippen LogP contribution in [0.3, 0.4) is 0 Å². The van der Waals surface area contributed by atoms with Crippen LogP contribution in [0.25, 0.3) is 0 Å². The van der Waals surface area contributed by atoms with Crippen LogP contribution in [0.5, 0.6) is 5.75 Å². The highest BCUT2D eigenvalue weighted by Gasteiger charge is 2.30. The third kappa shape index (κ3) is 1.71. The van der Waals surface area contributed by atoms with Crippen molar-refractivity contribution in [1.29, 1.82) is 0 Å². The summed E-state index contributed by atoms with van der Waals surface area (Å²) in [6, 6.07) is 5.79. The van der Waals surface area contributed by atoms with Crippen LogP contribution in [-0.2, 0) is 4.79 Å². The maximum atomic E-state index is 10.8. The predicted octanol–water partition coefficient (Wildman–Crippen LogP) is 1.70. The number of fused-ring (bicyclic) bond motifs is 1. The summed E-state index contributed by atoms with van der Waals surface area (Å²) in [5, 5.41) is 8.86. The van der Waals surface area contributed by atoms with E-state index in [1.165, 1.54) is 0 Å². The number of benzene rings is 1. The number of carbonyl (C=O) groups is 1. The first kappa shape index (κ1) is 10.8. The fraction of sp³-hybridized carbons (Fsp3) is 0.417. The number of hydrogen-bond donors (Lipinski definition) is 1. The number of rotatable bonds is 3. The van der Waals surface area contributed by atoms with Crippen LogP contribution < -0.4 is 9.64 Å². The van der Waals surface area contributed by atoms with Crippen molar-refractivity contribution in [1.82, 2.24) is 0 Å². The molecule has 0 bridgehead atoms. The monoisotopic (exact) mass is 221 g/mol. The summed E-state index contributed by atoms with van der Waals surface area (Å²) in [6.07, 6.45) is 0.171. The summed E-state index contributed by atoms with van der Waals surface area (Å²) in [5.41, 5.74) is 2.10. The SMILES string of the molecule is COc1cccc2c1N(C)CC2CC(=O)O. The molecule has 1 aliphatic heterocycles. The Morgan fingerprint density at radius 2 is 2.38 bits per heavy atom. The standard InChI is InChI=1S/C12H15NO3/c1-13-7-8(6-11(14)15)9-4-3-5-10(16-2)12(9)13/h3-5,8H,6-7H2,1-2H3,(H,14,15). The van der Waals surface area contributed by atoms with E-state index in [1.807, 2.05) is 25.2 Å². The predicted molar refractivity (Wildman–Crippen MR) is 61.3 cm³/mol. The van der Waals surface area contributed by atoms with E-state index in [2.05, 4.69) is 4.90 Å². The zero-order chi connectivity index (χ0) is 11.7. The number of aliphatic carboxylic acids is 1. The van der Waals surface area contributed by atoms with Crippen molar-refractivity contribution in [2.24, 2.45) is 0 Å². The van der Waals surface area contributed by atoms with Gasteiger partial charge >= 0.3 is 5.97 Å². The minimum Gasteiger partial charge on any atom is -0.495 e. The number of para-hydroxylation sites is 1. The van der Waals surface area contributed by atoms with Gasteiger partial charge in [-0.05, 0) is 11.6 Å². The van der Waals surface area contributed by atoms with E-state index in [-0.39, 0.29) is 12.3 Å². The van der Waals surface area contributed by atoms with Gasteiger partial charge in [0.25, 0.3) is 0 Å². The lowest BCUT2D eigenvalue weighted by Gasteiger charge is -2.15. The van der Waals surface area contributed by atoms with Gasteiger partial charge in [-0.1, -0.05) is 12.1 Å². The third-order valence-electron chi connectivity index (χ3n) is 2.99. The second-order valence-corrected chi connectivity index (χ2v) is 4.07. The van der Waals surface area contributed by atoms with Gasteiger partial charge in [-0.15, -0.1) is 0 Å². The minimum atomic E-state index is -0.755. The highest BCUT2D eigenvalue weighted by Crippen LogP contribution is 2.42. The molecule has 1 unspecified atom stereocenters. The maximum Gasteiger partial charge on any atom is 0.304 e. The molecule has 0 radical (unpaired) electrons. The van der Waals surface area contributed by atoms with Crippen LogP contribution in [0.15, 0.2) is 18.2 Å². The lowest BCUT2D eigenvalue weighted by atomic mass is 9.98. The Hall–Kier alpha value is -1.71. The lowest BCUT2D eigenvalue weighted by molar-refractivity contribution is -0.137. The van der Waals surface area contributed by atoms with Crippen molar-refractivity contribution < 1.29 is 14.6 Å². The number of nitrogens with zero attached hydrogens (tertiary/aromatic N) is 1. The molecule has 1 N–H and O–H groups in total. The summed E-state index contributed by atoms with van der Waals surface area (Å²) in [5.74, 6) is 0.120.